The van der Waals surface area contributed by atoms with E-state index in [0.29, 0.717) is 12.5 Å². The first-order chi connectivity index (χ1) is 6.99. The van der Waals surface area contributed by atoms with Crippen LogP contribution in [0.1, 0.15) is 24.8 Å². The van der Waals surface area contributed by atoms with E-state index in [9.17, 15) is 8.42 Å². The van der Waals surface area contributed by atoms with E-state index in [4.69, 9.17) is 0 Å². The molecule has 0 aliphatic rings. The minimum absolute atomic E-state index is 0.375. The number of benzene rings is 1. The van der Waals surface area contributed by atoms with Gasteiger partial charge in [0.1, 0.15) is 0 Å². The van der Waals surface area contributed by atoms with Gasteiger partial charge in [-0.25, -0.2) is 13.1 Å². The van der Waals surface area contributed by atoms with Crippen LogP contribution in [0.4, 0.5) is 0 Å². The Morgan fingerprint density at radius 1 is 1.27 bits per heavy atom. The third-order valence-electron chi connectivity index (χ3n) is 2.31. The first-order valence-corrected chi connectivity index (χ1v) is 6.88. The minimum atomic E-state index is -3.05. The fraction of sp³-hybridized carbons (Fsp3) is 0.455. The summed E-state index contributed by atoms with van der Waals surface area (Å²) in [6.45, 7) is 2.59. The molecule has 0 radical (unpaired) electrons. The maximum atomic E-state index is 10.8. The molecule has 0 bridgehead atoms. The van der Waals surface area contributed by atoms with Crippen molar-refractivity contribution < 1.29 is 8.42 Å². The Morgan fingerprint density at radius 2 is 1.87 bits per heavy atom. The molecule has 1 aromatic carbocycles. The maximum absolute atomic E-state index is 10.8. The van der Waals surface area contributed by atoms with E-state index in [0.717, 1.165) is 6.42 Å². The Hall–Kier alpha value is -0.870. The molecule has 1 N–H and O–H groups in total. The molecule has 1 aromatic rings. The lowest BCUT2D eigenvalue weighted by atomic mass is 9.98. The molecule has 84 valence electrons. The fourth-order valence-corrected chi connectivity index (χ4v) is 1.90. The highest BCUT2D eigenvalue weighted by Crippen LogP contribution is 2.17. The molecule has 0 spiro atoms. The molecule has 0 heterocycles. The zero-order chi connectivity index (χ0) is 11.3. The van der Waals surface area contributed by atoms with Crippen molar-refractivity contribution >= 4 is 10.0 Å². The second-order valence-corrected chi connectivity index (χ2v) is 5.60. The van der Waals surface area contributed by atoms with Crippen molar-refractivity contribution in [3.8, 4) is 0 Å². The fourth-order valence-electron chi connectivity index (χ4n) is 1.41. The summed E-state index contributed by atoms with van der Waals surface area (Å²) in [6, 6.07) is 10.1. The van der Waals surface area contributed by atoms with E-state index in [1.807, 2.05) is 18.2 Å². The first kappa shape index (κ1) is 12.2. The number of sulfonamides is 1. The molecule has 15 heavy (non-hydrogen) atoms. The lowest BCUT2D eigenvalue weighted by molar-refractivity contribution is 0.578. The van der Waals surface area contributed by atoms with Crippen LogP contribution in [-0.4, -0.2) is 21.2 Å². The predicted molar refractivity (Wildman–Crippen MR) is 62.3 cm³/mol. The second kappa shape index (κ2) is 5.28. The summed E-state index contributed by atoms with van der Waals surface area (Å²) >= 11 is 0. The monoisotopic (exact) mass is 227 g/mol. The van der Waals surface area contributed by atoms with Crippen LogP contribution in [0.25, 0.3) is 0 Å². The first-order valence-electron chi connectivity index (χ1n) is 4.98. The Labute approximate surface area is 91.6 Å². The molecule has 0 saturated carbocycles. The molecular weight excluding hydrogens is 210 g/mol. The molecule has 0 saturated heterocycles. The number of hydrogen-bond donors (Lipinski definition) is 1. The molecule has 0 aliphatic carbocycles. The summed E-state index contributed by atoms with van der Waals surface area (Å²) in [5, 5.41) is 0. The summed E-state index contributed by atoms with van der Waals surface area (Å²) in [7, 11) is -3.05. The zero-order valence-corrected chi connectivity index (χ0v) is 9.92. The molecule has 1 atom stereocenters. The summed E-state index contributed by atoms with van der Waals surface area (Å²) in [5.74, 6) is 0.375. The van der Waals surface area contributed by atoms with Gasteiger partial charge in [-0.2, -0.15) is 0 Å². The molecule has 0 aliphatic heterocycles. The van der Waals surface area contributed by atoms with Gasteiger partial charge in [-0.3, -0.25) is 0 Å². The molecular formula is C11H17NO2S. The van der Waals surface area contributed by atoms with Crippen LogP contribution >= 0.6 is 0 Å². The largest absolute Gasteiger partial charge is 0.215 e. The third kappa shape index (κ3) is 4.95. The molecule has 1 unspecified atom stereocenters. The Balaban J connectivity index is 2.41. The highest BCUT2D eigenvalue weighted by molar-refractivity contribution is 7.88. The van der Waals surface area contributed by atoms with Gasteiger partial charge in [0.15, 0.2) is 0 Å². The lowest BCUT2D eigenvalue weighted by Crippen LogP contribution is -2.23. The van der Waals surface area contributed by atoms with Crippen molar-refractivity contribution in [2.24, 2.45) is 0 Å². The summed E-state index contributed by atoms with van der Waals surface area (Å²) < 4.78 is 24.2. The Kier molecular flexibility index (Phi) is 4.29. The topological polar surface area (TPSA) is 46.2 Å². The van der Waals surface area contributed by atoms with Crippen molar-refractivity contribution in [1.82, 2.24) is 4.72 Å². The van der Waals surface area contributed by atoms with Crippen LogP contribution in [0, 0.1) is 0 Å². The molecule has 3 nitrogen and oxygen atoms in total. The van der Waals surface area contributed by atoms with Gasteiger partial charge in [0.05, 0.1) is 6.26 Å². The van der Waals surface area contributed by atoms with Crippen LogP contribution in [0.15, 0.2) is 30.3 Å². The van der Waals surface area contributed by atoms with Gasteiger partial charge in [-0.05, 0) is 17.9 Å². The average Bonchev–Trinajstić information content (AvgIpc) is 2.17. The second-order valence-electron chi connectivity index (χ2n) is 3.77. The van der Waals surface area contributed by atoms with Gasteiger partial charge in [0.25, 0.3) is 0 Å². The van der Waals surface area contributed by atoms with Crippen molar-refractivity contribution in [3.63, 3.8) is 0 Å². The van der Waals surface area contributed by atoms with E-state index in [-0.39, 0.29) is 0 Å². The van der Waals surface area contributed by atoms with Crippen LogP contribution in [-0.2, 0) is 10.0 Å². The molecule has 0 fully saturated rings. The van der Waals surface area contributed by atoms with E-state index in [1.54, 1.807) is 0 Å². The molecule has 0 aromatic heterocycles. The molecule has 4 heteroatoms. The van der Waals surface area contributed by atoms with Gasteiger partial charge < -0.3 is 0 Å². The SMILES string of the molecule is CC(CCNS(C)(=O)=O)c1ccccc1. The van der Waals surface area contributed by atoms with Crippen LogP contribution in [0.2, 0.25) is 0 Å². The van der Waals surface area contributed by atoms with Gasteiger partial charge in [-0.15, -0.1) is 0 Å². The van der Waals surface area contributed by atoms with Gasteiger partial charge in [-0.1, -0.05) is 37.3 Å². The average molecular weight is 227 g/mol. The number of rotatable bonds is 5. The highest BCUT2D eigenvalue weighted by atomic mass is 32.2. The summed E-state index contributed by atoms with van der Waals surface area (Å²) in [5.41, 5.74) is 1.24. The van der Waals surface area contributed by atoms with Crippen molar-refractivity contribution in [1.29, 1.82) is 0 Å². The number of hydrogen-bond acceptors (Lipinski definition) is 2. The van der Waals surface area contributed by atoms with E-state index in [2.05, 4.69) is 23.8 Å². The zero-order valence-electron chi connectivity index (χ0n) is 9.10. The van der Waals surface area contributed by atoms with E-state index in [1.165, 1.54) is 11.8 Å². The van der Waals surface area contributed by atoms with Crippen LogP contribution < -0.4 is 4.72 Å². The predicted octanol–water partition coefficient (Wildman–Crippen LogP) is 1.73. The third-order valence-corrected chi connectivity index (χ3v) is 3.04. The van der Waals surface area contributed by atoms with E-state index < -0.39 is 10.0 Å². The molecule has 0 amide bonds. The van der Waals surface area contributed by atoms with Gasteiger partial charge in [0.2, 0.25) is 10.0 Å². The van der Waals surface area contributed by atoms with Crippen LogP contribution in [0.5, 0.6) is 0 Å². The highest BCUT2D eigenvalue weighted by Gasteiger charge is 2.06. The van der Waals surface area contributed by atoms with Crippen molar-refractivity contribution in [2.45, 2.75) is 19.3 Å². The lowest BCUT2D eigenvalue weighted by Gasteiger charge is -2.11. The Bertz CT molecular complexity index is 386. The summed E-state index contributed by atoms with van der Waals surface area (Å²) in [6.07, 6.45) is 2.00. The smallest absolute Gasteiger partial charge is 0.208 e. The van der Waals surface area contributed by atoms with Gasteiger partial charge >= 0.3 is 0 Å². The van der Waals surface area contributed by atoms with Gasteiger partial charge in [0, 0.05) is 6.54 Å². The molecule has 1 rings (SSSR count). The Morgan fingerprint density at radius 3 is 2.40 bits per heavy atom. The standard InChI is InChI=1S/C11H17NO2S/c1-10(8-9-12-15(2,13)14)11-6-4-3-5-7-11/h3-7,10,12H,8-9H2,1-2H3. The normalized spacial score (nSPS) is 13.7. The number of nitrogens with one attached hydrogen (secondary N) is 1. The van der Waals surface area contributed by atoms with Crippen molar-refractivity contribution in [2.75, 3.05) is 12.8 Å². The maximum Gasteiger partial charge on any atom is 0.208 e. The van der Waals surface area contributed by atoms with E-state index >= 15 is 0 Å². The van der Waals surface area contributed by atoms with Crippen molar-refractivity contribution in [3.05, 3.63) is 35.9 Å². The van der Waals surface area contributed by atoms with Crippen LogP contribution in [0.3, 0.4) is 0 Å². The minimum Gasteiger partial charge on any atom is -0.215 e. The quantitative estimate of drug-likeness (QED) is 0.832. The summed E-state index contributed by atoms with van der Waals surface area (Å²) in [4.78, 5) is 0.